The normalized spacial score (nSPS) is 15.6. The van der Waals surface area contributed by atoms with E-state index in [2.05, 4.69) is 209 Å². The van der Waals surface area contributed by atoms with Crippen molar-refractivity contribution in [3.8, 4) is 33.4 Å². The van der Waals surface area contributed by atoms with E-state index in [0.29, 0.717) is 0 Å². The molecule has 2 aromatic heterocycles. The topological polar surface area (TPSA) is 29.5 Å². The van der Waals surface area contributed by atoms with Crippen LogP contribution >= 0.6 is 0 Å². The number of allylic oxidation sites excluding steroid dienone is 4. The lowest BCUT2D eigenvalue weighted by atomic mass is 9.80. The van der Waals surface area contributed by atoms with E-state index < -0.39 is 0 Å². The maximum Gasteiger partial charge on any atom is 0.159 e. The van der Waals surface area contributed by atoms with Gasteiger partial charge in [0.05, 0.1) is 5.69 Å². The minimum atomic E-state index is -0.154. The van der Waals surface area contributed by atoms with Crippen LogP contribution in [0.25, 0.3) is 82.8 Å². The van der Waals surface area contributed by atoms with Crippen LogP contribution in [0.4, 0.5) is 17.1 Å². The molecule has 0 saturated carbocycles. The molecular weight excluding hydrogens is 767 g/mol. The first kappa shape index (κ1) is 36.3. The van der Waals surface area contributed by atoms with Gasteiger partial charge in [-0.3, -0.25) is 0 Å². The Morgan fingerprint density at radius 3 is 2.06 bits per heavy atom. The van der Waals surface area contributed by atoms with E-state index in [0.717, 1.165) is 90.5 Å². The van der Waals surface area contributed by atoms with Crippen molar-refractivity contribution in [1.82, 2.24) is 0 Å². The predicted octanol–water partition coefficient (Wildman–Crippen LogP) is 17.0. The summed E-state index contributed by atoms with van der Waals surface area (Å²) in [5, 5.41) is 4.24. The maximum atomic E-state index is 7.48. The van der Waals surface area contributed by atoms with E-state index in [1.807, 2.05) is 0 Å². The number of hydrogen-bond acceptors (Lipinski definition) is 3. The number of anilines is 3. The number of benzene rings is 8. The van der Waals surface area contributed by atoms with E-state index in [1.165, 1.54) is 50.1 Å². The van der Waals surface area contributed by atoms with Crippen molar-refractivity contribution in [2.45, 2.75) is 51.4 Å². The highest BCUT2D eigenvalue weighted by molar-refractivity contribution is 6.24. The molecule has 0 spiro atoms. The van der Waals surface area contributed by atoms with Crippen LogP contribution in [0.3, 0.4) is 0 Å². The number of furan rings is 2. The Balaban J connectivity index is 1.08. The number of nitrogens with zero attached hydrogens (tertiary/aromatic N) is 1. The first-order valence-electron chi connectivity index (χ1n) is 22.3. The fourth-order valence-electron chi connectivity index (χ4n) is 11.4. The van der Waals surface area contributed by atoms with Crippen LogP contribution in [0.1, 0.15) is 62.8 Å². The second-order valence-electron chi connectivity index (χ2n) is 18.7. The van der Waals surface area contributed by atoms with E-state index in [1.54, 1.807) is 0 Å². The molecule has 63 heavy (non-hydrogen) atoms. The largest absolute Gasteiger partial charge is 0.456 e. The molecule has 0 atom stereocenters. The zero-order chi connectivity index (χ0) is 42.2. The van der Waals surface area contributed by atoms with Gasteiger partial charge in [0, 0.05) is 49.3 Å². The molecular formula is C60H45NO2. The van der Waals surface area contributed by atoms with Crippen molar-refractivity contribution in [3.63, 3.8) is 0 Å². The Bertz CT molecular complexity index is 3630. The lowest BCUT2D eigenvalue weighted by molar-refractivity contribution is 0.654. The second kappa shape index (κ2) is 13.1. The van der Waals surface area contributed by atoms with Crippen LogP contribution in [0.15, 0.2) is 190 Å². The summed E-state index contributed by atoms with van der Waals surface area (Å²) in [5.41, 5.74) is 21.7. The summed E-state index contributed by atoms with van der Waals surface area (Å²) in [6.07, 6.45) is 7.08. The number of hydrogen-bond donors (Lipinski definition) is 0. The Labute approximate surface area is 367 Å². The van der Waals surface area contributed by atoms with Crippen molar-refractivity contribution in [1.29, 1.82) is 0 Å². The molecule has 10 aromatic rings. The van der Waals surface area contributed by atoms with Gasteiger partial charge >= 0.3 is 0 Å². The highest BCUT2D eigenvalue weighted by Gasteiger charge is 2.40. The Morgan fingerprint density at radius 1 is 0.444 bits per heavy atom. The van der Waals surface area contributed by atoms with Crippen LogP contribution in [0.5, 0.6) is 0 Å². The Hall–Kier alpha value is -7.36. The Kier molecular flexibility index (Phi) is 7.54. The zero-order valence-electron chi connectivity index (χ0n) is 35.9. The molecule has 3 nitrogen and oxygen atoms in total. The third-order valence-electron chi connectivity index (χ3n) is 14.5. The van der Waals surface area contributed by atoms with Gasteiger partial charge in [-0.25, -0.2) is 0 Å². The molecule has 302 valence electrons. The van der Waals surface area contributed by atoms with Gasteiger partial charge in [-0.15, -0.1) is 0 Å². The highest BCUT2D eigenvalue weighted by Crippen LogP contribution is 2.55. The molecule has 13 rings (SSSR count). The summed E-state index contributed by atoms with van der Waals surface area (Å²) in [4.78, 5) is 2.41. The maximum absolute atomic E-state index is 7.48. The van der Waals surface area contributed by atoms with Crippen LogP contribution in [-0.2, 0) is 10.8 Å². The number of fused-ring (bicyclic) bond motifs is 12. The van der Waals surface area contributed by atoms with Crippen molar-refractivity contribution in [2.24, 2.45) is 0 Å². The molecule has 3 heteroatoms. The average Bonchev–Trinajstić information content (AvgIpc) is 4.01. The Morgan fingerprint density at radius 2 is 1.16 bits per heavy atom. The van der Waals surface area contributed by atoms with Crippen molar-refractivity contribution >= 4 is 66.5 Å². The van der Waals surface area contributed by atoms with E-state index >= 15 is 0 Å². The minimum absolute atomic E-state index is 0.113. The number of rotatable bonds is 5. The second-order valence-corrected chi connectivity index (χ2v) is 18.7. The van der Waals surface area contributed by atoms with E-state index in [-0.39, 0.29) is 10.8 Å². The van der Waals surface area contributed by atoms with Crippen molar-refractivity contribution < 1.29 is 8.83 Å². The van der Waals surface area contributed by atoms with Crippen LogP contribution in [0, 0.1) is 0 Å². The third kappa shape index (κ3) is 5.14. The van der Waals surface area contributed by atoms with Gasteiger partial charge in [0.1, 0.15) is 16.7 Å². The van der Waals surface area contributed by atoms with Crippen LogP contribution in [0.2, 0.25) is 0 Å². The first-order valence-corrected chi connectivity index (χ1v) is 22.3. The number of para-hydroxylation sites is 2. The van der Waals surface area contributed by atoms with Gasteiger partial charge in [-0.1, -0.05) is 155 Å². The monoisotopic (exact) mass is 811 g/mol. The molecule has 0 aliphatic heterocycles. The van der Waals surface area contributed by atoms with Gasteiger partial charge in [0.2, 0.25) is 0 Å². The average molecular weight is 812 g/mol. The zero-order valence-corrected chi connectivity index (χ0v) is 35.9. The minimum Gasteiger partial charge on any atom is -0.456 e. The van der Waals surface area contributed by atoms with Crippen LogP contribution in [-0.4, -0.2) is 0 Å². The quantitative estimate of drug-likeness (QED) is 0.173. The van der Waals surface area contributed by atoms with Gasteiger partial charge in [0.15, 0.2) is 5.58 Å². The summed E-state index contributed by atoms with van der Waals surface area (Å²) in [5.74, 6) is 0. The molecule has 8 aromatic carbocycles. The van der Waals surface area contributed by atoms with Crippen LogP contribution < -0.4 is 4.90 Å². The smallest absolute Gasteiger partial charge is 0.159 e. The lowest BCUT2D eigenvalue weighted by Crippen LogP contribution is -2.17. The van der Waals surface area contributed by atoms with Crippen molar-refractivity contribution in [3.05, 3.63) is 204 Å². The van der Waals surface area contributed by atoms with Crippen molar-refractivity contribution in [2.75, 3.05) is 4.90 Å². The third-order valence-corrected chi connectivity index (χ3v) is 14.5. The summed E-state index contributed by atoms with van der Waals surface area (Å²) in [6, 6.07) is 59.8. The molecule has 3 aliphatic carbocycles. The van der Waals surface area contributed by atoms with Gasteiger partial charge in [-0.05, 0) is 123 Å². The molecule has 0 fully saturated rings. The SMILES string of the molecule is CC1(C)C2=CCCC=C2c2ccc(N(c3cccc(-c4ccccc4)c3)c3cccc4c3oc3c(-c5ccc6c(c5)C(C)(C)c5ccccc5-6)c5c(cc34)oc3ccccc35)cc21. The molecule has 2 heterocycles. The summed E-state index contributed by atoms with van der Waals surface area (Å²) in [7, 11) is 0. The first-order chi connectivity index (χ1) is 30.8. The van der Waals surface area contributed by atoms with E-state index in [4.69, 9.17) is 8.83 Å². The van der Waals surface area contributed by atoms with Gasteiger partial charge in [-0.2, -0.15) is 0 Å². The van der Waals surface area contributed by atoms with E-state index in [9.17, 15) is 0 Å². The summed E-state index contributed by atoms with van der Waals surface area (Å²) in [6.45, 7) is 9.46. The molecule has 0 radical (unpaired) electrons. The fourth-order valence-corrected chi connectivity index (χ4v) is 11.4. The van der Waals surface area contributed by atoms with Gasteiger partial charge < -0.3 is 13.7 Å². The van der Waals surface area contributed by atoms with Gasteiger partial charge in [0.25, 0.3) is 0 Å². The molecule has 0 unspecified atom stereocenters. The molecule has 0 amide bonds. The molecule has 0 N–H and O–H groups in total. The fraction of sp³-hybridized carbons (Fsp3) is 0.133. The molecule has 0 saturated heterocycles. The lowest BCUT2D eigenvalue weighted by Gasteiger charge is -2.28. The standard InChI is InChI=1S/C60H45NO2/c1-59(2)48-24-11-8-20-41(48)43-30-28-38(33-50(43)59)55-56-46-22-10-13-27-53(46)62-54(56)35-47-45-23-15-26-52(57(45)63-58(47)55)61(39-19-14-18-37(32-39)36-16-6-5-7-17-36)40-29-31-44-42-21-9-12-25-49(42)60(3,4)51(44)34-40/h5-8,10-11,13-35H,9,12H2,1-4H3. The summed E-state index contributed by atoms with van der Waals surface area (Å²) < 4.78 is 14.2. The predicted molar refractivity (Wildman–Crippen MR) is 262 cm³/mol. The summed E-state index contributed by atoms with van der Waals surface area (Å²) >= 11 is 0. The highest BCUT2D eigenvalue weighted by atomic mass is 16.3. The molecule has 0 bridgehead atoms. The molecule has 3 aliphatic rings.